The lowest BCUT2D eigenvalue weighted by Gasteiger charge is -2.28. The molecule has 0 unspecified atom stereocenters. The van der Waals surface area contributed by atoms with Gasteiger partial charge in [0.25, 0.3) is 17.5 Å². The number of nitrogens with zero attached hydrogens (tertiary/aromatic N) is 2. The summed E-state index contributed by atoms with van der Waals surface area (Å²) in [4.78, 5) is 50.7. The minimum atomic E-state index is -0.922. The maximum Gasteiger partial charge on any atom is 0.336 e. The van der Waals surface area contributed by atoms with E-state index in [9.17, 15) is 24.5 Å². The lowest BCUT2D eigenvalue weighted by Crippen LogP contribution is -2.54. The van der Waals surface area contributed by atoms with Gasteiger partial charge in [-0.1, -0.05) is 12.1 Å². The van der Waals surface area contributed by atoms with E-state index in [0.717, 1.165) is 4.90 Å². The van der Waals surface area contributed by atoms with Gasteiger partial charge in [-0.05, 0) is 77.9 Å². The van der Waals surface area contributed by atoms with Crippen molar-refractivity contribution in [2.45, 2.75) is 20.5 Å². The number of hydrogen-bond acceptors (Lipinski definition) is 9. The van der Waals surface area contributed by atoms with Gasteiger partial charge >= 0.3 is 6.03 Å². The van der Waals surface area contributed by atoms with Crippen molar-refractivity contribution in [2.75, 3.05) is 25.2 Å². The van der Waals surface area contributed by atoms with Crippen LogP contribution in [0.2, 0.25) is 0 Å². The average Bonchev–Trinajstić information content (AvgIpc) is 2.96. The summed E-state index contributed by atoms with van der Waals surface area (Å²) in [5, 5.41) is 13.3. The lowest BCUT2D eigenvalue weighted by molar-refractivity contribution is -0.384. The van der Waals surface area contributed by atoms with Gasteiger partial charge in [0.05, 0.1) is 34.5 Å². The van der Waals surface area contributed by atoms with Gasteiger partial charge in [0.2, 0.25) is 0 Å². The molecule has 13 heteroatoms. The van der Waals surface area contributed by atoms with Crippen LogP contribution in [0.5, 0.6) is 23.0 Å². The number of urea groups is 1. The van der Waals surface area contributed by atoms with Crippen LogP contribution in [-0.2, 0) is 16.2 Å². The van der Waals surface area contributed by atoms with Crippen LogP contribution in [0.4, 0.5) is 16.2 Å². The summed E-state index contributed by atoms with van der Waals surface area (Å²) in [5.74, 6) is -0.354. The summed E-state index contributed by atoms with van der Waals surface area (Å²) in [6, 6.07) is 13.1. The number of imide groups is 2. The fraction of sp³-hybridized carbons (Fsp3) is 0.207. The third-order valence-electron chi connectivity index (χ3n) is 5.95. The van der Waals surface area contributed by atoms with Crippen LogP contribution >= 0.6 is 22.6 Å². The Morgan fingerprint density at radius 1 is 0.976 bits per heavy atom. The normalized spacial score (nSPS) is 14.0. The van der Waals surface area contributed by atoms with Gasteiger partial charge in [-0.2, -0.15) is 0 Å². The highest BCUT2D eigenvalue weighted by molar-refractivity contribution is 14.1. The molecule has 0 spiro atoms. The van der Waals surface area contributed by atoms with Gasteiger partial charge in [0.1, 0.15) is 23.7 Å². The Labute approximate surface area is 254 Å². The van der Waals surface area contributed by atoms with Crippen LogP contribution in [0.1, 0.15) is 25.0 Å². The van der Waals surface area contributed by atoms with E-state index >= 15 is 0 Å². The highest BCUT2D eigenvalue weighted by Crippen LogP contribution is 2.37. The Kier molecular flexibility index (Phi) is 9.62. The van der Waals surface area contributed by atoms with Crippen LogP contribution in [0, 0.1) is 13.7 Å². The van der Waals surface area contributed by atoms with E-state index in [2.05, 4.69) is 5.32 Å². The van der Waals surface area contributed by atoms with E-state index in [1.165, 1.54) is 31.4 Å². The number of carbonyl (C=O) groups excluding carboxylic acids is 3. The number of rotatable bonds is 11. The first kappa shape index (κ1) is 30.3. The highest BCUT2D eigenvalue weighted by atomic mass is 127. The molecule has 1 fully saturated rings. The number of carbonyl (C=O) groups is 3. The van der Waals surface area contributed by atoms with Crippen molar-refractivity contribution in [3.63, 3.8) is 0 Å². The molecule has 0 radical (unpaired) electrons. The number of methoxy groups -OCH3 is 1. The quantitative estimate of drug-likeness (QED) is 0.0939. The fourth-order valence-electron chi connectivity index (χ4n) is 4.13. The van der Waals surface area contributed by atoms with Crippen LogP contribution in [0.3, 0.4) is 0 Å². The van der Waals surface area contributed by atoms with Gasteiger partial charge in [-0.25, -0.2) is 9.69 Å². The zero-order valence-electron chi connectivity index (χ0n) is 22.8. The molecule has 1 aliphatic heterocycles. The summed E-state index contributed by atoms with van der Waals surface area (Å²) in [7, 11) is 1.43. The number of nitro benzene ring substituents is 1. The lowest BCUT2D eigenvalue weighted by atomic mass is 10.1. The van der Waals surface area contributed by atoms with Crippen molar-refractivity contribution in [2.24, 2.45) is 0 Å². The summed E-state index contributed by atoms with van der Waals surface area (Å²) in [6.07, 6.45) is 1.35. The molecule has 1 heterocycles. The molecular formula is C29H26IN3O9. The third kappa shape index (κ3) is 6.62. The molecule has 3 aromatic carbocycles. The molecule has 0 atom stereocenters. The number of hydrogen-bond donors (Lipinski definition) is 1. The number of non-ortho nitro benzene ring substituents is 1. The molecule has 0 saturated carbocycles. The van der Waals surface area contributed by atoms with E-state index in [1.807, 2.05) is 22.6 Å². The third-order valence-corrected chi connectivity index (χ3v) is 6.75. The number of nitrogens with one attached hydrogen (secondary N) is 1. The Morgan fingerprint density at radius 2 is 1.74 bits per heavy atom. The molecule has 0 aromatic heterocycles. The van der Waals surface area contributed by atoms with E-state index in [-0.39, 0.29) is 35.9 Å². The summed E-state index contributed by atoms with van der Waals surface area (Å²) < 4.78 is 23.2. The number of anilines is 1. The van der Waals surface area contributed by atoms with Crippen LogP contribution < -0.4 is 29.2 Å². The molecule has 4 rings (SSSR count). The second-order valence-electron chi connectivity index (χ2n) is 8.70. The van der Waals surface area contributed by atoms with Gasteiger partial charge in [-0.3, -0.25) is 25.0 Å². The fourth-order valence-corrected chi connectivity index (χ4v) is 4.91. The molecule has 1 N–H and O–H groups in total. The zero-order valence-corrected chi connectivity index (χ0v) is 25.0. The molecular weight excluding hydrogens is 661 g/mol. The summed E-state index contributed by atoms with van der Waals surface area (Å²) in [6.45, 7) is 4.24. The minimum absolute atomic E-state index is 0.0371. The first-order valence-corrected chi connectivity index (χ1v) is 13.8. The zero-order chi connectivity index (χ0) is 30.4. The molecule has 12 nitrogen and oxygen atoms in total. The Bertz CT molecular complexity index is 1590. The minimum Gasteiger partial charge on any atom is -0.494 e. The number of benzene rings is 3. The van der Waals surface area contributed by atoms with Crippen LogP contribution in [0.25, 0.3) is 6.08 Å². The van der Waals surface area contributed by atoms with E-state index in [0.29, 0.717) is 38.6 Å². The topological polar surface area (TPSA) is 147 Å². The molecule has 1 aliphatic rings. The predicted molar refractivity (Wildman–Crippen MR) is 161 cm³/mol. The Balaban J connectivity index is 1.66. The van der Waals surface area contributed by atoms with Crippen molar-refractivity contribution >= 4 is 57.9 Å². The van der Waals surface area contributed by atoms with E-state index in [1.54, 1.807) is 50.2 Å². The Morgan fingerprint density at radius 3 is 2.43 bits per heavy atom. The highest BCUT2D eigenvalue weighted by Gasteiger charge is 2.38. The number of ether oxygens (including phenoxy) is 4. The van der Waals surface area contributed by atoms with Gasteiger partial charge in [0, 0.05) is 18.2 Å². The number of nitro groups is 1. The van der Waals surface area contributed by atoms with Crippen molar-refractivity contribution in [1.82, 2.24) is 5.32 Å². The van der Waals surface area contributed by atoms with E-state index in [4.69, 9.17) is 18.9 Å². The first-order valence-electron chi connectivity index (χ1n) is 12.7. The van der Waals surface area contributed by atoms with Crippen molar-refractivity contribution in [1.29, 1.82) is 0 Å². The van der Waals surface area contributed by atoms with E-state index < -0.39 is 22.8 Å². The van der Waals surface area contributed by atoms with Crippen LogP contribution in [-0.4, -0.2) is 43.1 Å². The second kappa shape index (κ2) is 13.3. The number of barbiturate groups is 1. The van der Waals surface area contributed by atoms with Gasteiger partial charge in [0.15, 0.2) is 11.5 Å². The molecule has 4 amide bonds. The Hall–Kier alpha value is -4.66. The molecule has 218 valence electrons. The largest absolute Gasteiger partial charge is 0.494 e. The molecule has 42 heavy (non-hydrogen) atoms. The average molecular weight is 687 g/mol. The second-order valence-corrected chi connectivity index (χ2v) is 9.87. The summed E-state index contributed by atoms with van der Waals surface area (Å²) >= 11 is 2.02. The summed E-state index contributed by atoms with van der Waals surface area (Å²) in [5.41, 5.74) is 0.797. The molecule has 0 bridgehead atoms. The van der Waals surface area contributed by atoms with Gasteiger partial charge in [-0.15, -0.1) is 0 Å². The maximum atomic E-state index is 13.6. The standard InChI is InChI=1S/C29H26IN3O9/c1-4-40-20-9-10-24(41-5-2)23(15-20)32-28(35)21(27(34)31-29(32)36)12-18-13-22(30)26(25(14-18)39-3)42-16-17-7-6-8-19(11-17)33(37)38/h6-15H,4-5,16H2,1-3H3,(H,31,34,36)/b21-12+. The maximum absolute atomic E-state index is 13.6. The predicted octanol–water partition coefficient (Wildman–Crippen LogP) is 5.25. The first-order chi connectivity index (χ1) is 20.2. The van der Waals surface area contributed by atoms with Crippen molar-refractivity contribution < 1.29 is 38.3 Å². The van der Waals surface area contributed by atoms with Crippen LogP contribution in [0.15, 0.2) is 60.2 Å². The number of halogens is 1. The SMILES string of the molecule is CCOc1ccc(OCC)c(N2C(=O)NC(=O)/C(=C\c3cc(I)c(OCc4cccc([N+](=O)[O-])c4)c(OC)c3)C2=O)c1. The van der Waals surface area contributed by atoms with Crippen molar-refractivity contribution in [3.8, 4) is 23.0 Å². The van der Waals surface area contributed by atoms with Crippen molar-refractivity contribution in [3.05, 3.63) is 85.0 Å². The smallest absolute Gasteiger partial charge is 0.336 e. The molecule has 3 aromatic rings. The van der Waals surface area contributed by atoms with Gasteiger partial charge < -0.3 is 18.9 Å². The monoisotopic (exact) mass is 687 g/mol. The molecule has 1 saturated heterocycles. The number of amides is 4. The molecule has 0 aliphatic carbocycles.